The molecule has 5 rings (SSSR count). The maximum atomic E-state index is 12.9. The van der Waals surface area contributed by atoms with Gasteiger partial charge in [-0.2, -0.15) is 10.4 Å². The van der Waals surface area contributed by atoms with Gasteiger partial charge in [0.05, 0.1) is 22.9 Å². The molecule has 39 heavy (non-hydrogen) atoms. The molecule has 1 amide bonds. The molecule has 1 fully saturated rings. The zero-order valence-corrected chi connectivity index (χ0v) is 21.8. The summed E-state index contributed by atoms with van der Waals surface area (Å²) in [7, 11) is -3.17. The molecule has 1 unspecified atom stereocenters. The van der Waals surface area contributed by atoms with Gasteiger partial charge in [0, 0.05) is 23.4 Å². The minimum atomic E-state index is -3.17. The molecule has 196 valence electrons. The van der Waals surface area contributed by atoms with Crippen LogP contribution in [0.4, 0.5) is 0 Å². The molecule has 1 N–H and O–H groups in total. The van der Waals surface area contributed by atoms with E-state index >= 15 is 0 Å². The number of hydrogen-bond acceptors (Lipinski definition) is 6. The van der Waals surface area contributed by atoms with E-state index in [1.807, 2.05) is 91.0 Å². The Morgan fingerprint density at radius 2 is 1.74 bits per heavy atom. The zero-order valence-electron chi connectivity index (χ0n) is 21.0. The van der Waals surface area contributed by atoms with Gasteiger partial charge in [0.2, 0.25) is 0 Å². The topological polar surface area (TPSA) is 114 Å². The van der Waals surface area contributed by atoms with Crippen LogP contribution in [0.2, 0.25) is 0 Å². The van der Waals surface area contributed by atoms with E-state index in [2.05, 4.69) is 5.32 Å². The van der Waals surface area contributed by atoms with Gasteiger partial charge in [-0.1, -0.05) is 48.5 Å². The van der Waals surface area contributed by atoms with Crippen LogP contribution in [0.3, 0.4) is 0 Å². The van der Waals surface area contributed by atoms with E-state index in [1.165, 1.54) is 6.08 Å². The molecule has 0 spiro atoms. The van der Waals surface area contributed by atoms with Crippen molar-refractivity contribution in [1.29, 1.82) is 5.26 Å². The molecule has 4 aromatic rings. The average Bonchev–Trinajstić information content (AvgIpc) is 3.54. The molecule has 8 nitrogen and oxygen atoms in total. The van der Waals surface area contributed by atoms with E-state index < -0.39 is 21.8 Å². The van der Waals surface area contributed by atoms with Gasteiger partial charge in [-0.25, -0.2) is 13.1 Å². The Balaban J connectivity index is 1.43. The van der Waals surface area contributed by atoms with Crippen LogP contribution in [0.1, 0.15) is 17.5 Å². The summed E-state index contributed by atoms with van der Waals surface area (Å²) in [5, 5.41) is 17.2. The van der Waals surface area contributed by atoms with Crippen molar-refractivity contribution in [3.05, 3.63) is 108 Å². The number of nitrogens with one attached hydrogen (secondary N) is 1. The molecule has 1 aliphatic heterocycles. The van der Waals surface area contributed by atoms with Gasteiger partial charge in [0.1, 0.15) is 24.0 Å². The molecule has 1 aromatic heterocycles. The maximum Gasteiger partial charge on any atom is 0.262 e. The van der Waals surface area contributed by atoms with E-state index in [1.54, 1.807) is 10.9 Å². The Morgan fingerprint density at radius 3 is 2.38 bits per heavy atom. The van der Waals surface area contributed by atoms with Gasteiger partial charge >= 0.3 is 0 Å². The lowest BCUT2D eigenvalue weighted by Crippen LogP contribution is -2.36. The highest BCUT2D eigenvalue weighted by atomic mass is 32.2. The molecule has 0 saturated carbocycles. The molecule has 1 aliphatic rings. The number of rotatable bonds is 8. The van der Waals surface area contributed by atoms with Gasteiger partial charge in [-0.15, -0.1) is 0 Å². The first-order chi connectivity index (χ1) is 18.9. The van der Waals surface area contributed by atoms with Gasteiger partial charge in [0.25, 0.3) is 5.91 Å². The van der Waals surface area contributed by atoms with E-state index in [0.29, 0.717) is 30.0 Å². The normalized spacial score (nSPS) is 16.4. The predicted octanol–water partition coefficient (Wildman–Crippen LogP) is 4.33. The summed E-state index contributed by atoms with van der Waals surface area (Å²) in [5.41, 5.74) is 3.69. The van der Waals surface area contributed by atoms with Crippen LogP contribution in [0.5, 0.6) is 5.75 Å². The predicted molar refractivity (Wildman–Crippen MR) is 149 cm³/mol. The van der Waals surface area contributed by atoms with Crippen molar-refractivity contribution < 1.29 is 17.9 Å². The fraction of sp³-hybridized carbons (Fsp3) is 0.167. The van der Waals surface area contributed by atoms with Crippen molar-refractivity contribution in [3.63, 3.8) is 0 Å². The molecule has 0 radical (unpaired) electrons. The fourth-order valence-corrected chi connectivity index (χ4v) is 6.03. The minimum Gasteiger partial charge on any atom is -0.489 e. The number of aromatic nitrogens is 2. The summed E-state index contributed by atoms with van der Waals surface area (Å²) in [6.45, 7) is 0.444. The van der Waals surface area contributed by atoms with Gasteiger partial charge in [-0.3, -0.25) is 4.79 Å². The number of amides is 1. The molecule has 1 saturated heterocycles. The molecule has 9 heteroatoms. The number of hydrogen-bond donors (Lipinski definition) is 1. The number of nitriles is 1. The summed E-state index contributed by atoms with van der Waals surface area (Å²) in [5.74, 6) is 0.00380. The van der Waals surface area contributed by atoms with E-state index in [-0.39, 0.29) is 17.1 Å². The Bertz CT molecular complexity index is 1640. The molecular formula is C30H26N4O4S. The highest BCUT2D eigenvalue weighted by Crippen LogP contribution is 2.28. The second-order valence-corrected chi connectivity index (χ2v) is 11.5. The standard InChI is InChI=1S/C30H26N4O4S/c31-18-24(30(35)32-26-15-16-39(36,37)21-26)17-25-19-34(27-9-5-2-6-10-27)33-29(25)23-11-13-28(14-12-23)38-20-22-7-3-1-4-8-22/h1-14,17,19,26H,15-16,20-21H2,(H,32,35)/b24-17-. The minimum absolute atomic E-state index is 0.0304. The third-order valence-electron chi connectivity index (χ3n) is 6.37. The van der Waals surface area contributed by atoms with Gasteiger partial charge in [-0.05, 0) is 54.5 Å². The van der Waals surface area contributed by atoms with Crippen LogP contribution < -0.4 is 10.1 Å². The first-order valence-electron chi connectivity index (χ1n) is 12.5. The first kappa shape index (κ1) is 25.9. The summed E-state index contributed by atoms with van der Waals surface area (Å²) in [4.78, 5) is 12.9. The molecule has 0 aliphatic carbocycles. The fourth-order valence-electron chi connectivity index (χ4n) is 4.36. The number of ether oxygens (including phenoxy) is 1. The van der Waals surface area contributed by atoms with Crippen LogP contribution in [0, 0.1) is 11.3 Å². The van der Waals surface area contributed by atoms with E-state index in [4.69, 9.17) is 9.84 Å². The van der Waals surface area contributed by atoms with E-state index in [9.17, 15) is 18.5 Å². The number of sulfone groups is 1. The molecule has 2 heterocycles. The van der Waals surface area contributed by atoms with Crippen molar-refractivity contribution in [2.45, 2.75) is 19.1 Å². The van der Waals surface area contributed by atoms with Crippen molar-refractivity contribution in [1.82, 2.24) is 15.1 Å². The lowest BCUT2D eigenvalue weighted by Gasteiger charge is -2.10. The molecule has 0 bridgehead atoms. The second-order valence-electron chi connectivity index (χ2n) is 9.26. The summed E-state index contributed by atoms with van der Waals surface area (Å²) < 4.78 is 31.2. The summed E-state index contributed by atoms with van der Waals surface area (Å²) in [6, 6.07) is 28.3. The molecular weight excluding hydrogens is 512 g/mol. The van der Waals surface area contributed by atoms with Crippen LogP contribution in [0.25, 0.3) is 23.0 Å². The smallest absolute Gasteiger partial charge is 0.262 e. The molecule has 1 atom stereocenters. The third kappa shape index (κ3) is 6.43. The average molecular weight is 539 g/mol. The van der Waals surface area contributed by atoms with Crippen molar-refractivity contribution in [2.75, 3.05) is 11.5 Å². The van der Waals surface area contributed by atoms with Crippen LogP contribution >= 0.6 is 0 Å². The maximum absolute atomic E-state index is 12.9. The number of para-hydroxylation sites is 1. The van der Waals surface area contributed by atoms with Crippen LogP contribution in [-0.2, 0) is 21.2 Å². The Kier molecular flexibility index (Phi) is 7.57. The van der Waals surface area contributed by atoms with Gasteiger partial charge in [0.15, 0.2) is 9.84 Å². The highest BCUT2D eigenvalue weighted by Gasteiger charge is 2.29. The second kappa shape index (κ2) is 11.4. The lowest BCUT2D eigenvalue weighted by molar-refractivity contribution is -0.117. The van der Waals surface area contributed by atoms with Crippen LogP contribution in [0.15, 0.2) is 96.7 Å². The monoisotopic (exact) mass is 538 g/mol. The van der Waals surface area contributed by atoms with Crippen molar-refractivity contribution >= 4 is 21.8 Å². The first-order valence-corrected chi connectivity index (χ1v) is 14.3. The number of nitrogens with zero attached hydrogens (tertiary/aromatic N) is 3. The molecule has 3 aromatic carbocycles. The Morgan fingerprint density at radius 1 is 1.05 bits per heavy atom. The SMILES string of the molecule is N#C/C(=C/c1cn(-c2ccccc2)nc1-c1ccc(OCc2ccccc2)cc1)C(=O)NC1CCS(=O)(=O)C1. The number of benzene rings is 3. The number of carbonyl (C=O) groups excluding carboxylic acids is 1. The van der Waals surface area contributed by atoms with Crippen molar-refractivity contribution in [2.24, 2.45) is 0 Å². The highest BCUT2D eigenvalue weighted by molar-refractivity contribution is 7.91. The third-order valence-corrected chi connectivity index (χ3v) is 8.14. The van der Waals surface area contributed by atoms with Crippen LogP contribution in [-0.4, -0.2) is 41.7 Å². The Hall–Kier alpha value is -4.68. The quantitative estimate of drug-likeness (QED) is 0.264. The Labute approximate surface area is 227 Å². The van der Waals surface area contributed by atoms with Gasteiger partial charge < -0.3 is 10.1 Å². The van der Waals surface area contributed by atoms with E-state index in [0.717, 1.165) is 16.8 Å². The summed E-state index contributed by atoms with van der Waals surface area (Å²) >= 11 is 0. The van der Waals surface area contributed by atoms with Crippen molar-refractivity contribution in [3.8, 4) is 28.8 Å². The summed E-state index contributed by atoms with van der Waals surface area (Å²) in [6.07, 6.45) is 3.58. The largest absolute Gasteiger partial charge is 0.489 e. The lowest BCUT2D eigenvalue weighted by atomic mass is 10.1. The zero-order chi connectivity index (χ0) is 27.2. The number of carbonyl (C=O) groups is 1.